The summed E-state index contributed by atoms with van der Waals surface area (Å²) in [6.45, 7) is 3.36. The molecule has 0 fully saturated rings. The standard InChI is InChI=1S/C20H19N5O6S2/c1-12-13(2)32-20(21-12)25-22-19(14-4-3-5-16(10-14)31-11-18(26)27)24(23-25)15-6-8-17(9-7-15)33(28,29)30/h3-10,23H,11H2,1-2H3,(H,26,27)(H,28,29,30). The lowest BCUT2D eigenvalue weighted by Gasteiger charge is -2.21. The number of hydrazone groups is 1. The number of nitrogens with zero attached hydrogens (tertiary/aromatic N) is 4. The van der Waals surface area contributed by atoms with Crippen molar-refractivity contribution in [1.82, 2.24) is 10.5 Å². The number of aryl methyl sites for hydroxylation is 2. The second kappa shape index (κ2) is 8.78. The molecule has 0 unspecified atom stereocenters. The number of hydrazine groups is 2. The number of amidine groups is 1. The van der Waals surface area contributed by atoms with Crippen LogP contribution in [0.1, 0.15) is 16.1 Å². The van der Waals surface area contributed by atoms with Gasteiger partial charge in [-0.2, -0.15) is 8.42 Å². The first-order chi connectivity index (χ1) is 15.6. The molecule has 0 spiro atoms. The maximum Gasteiger partial charge on any atom is 0.341 e. The number of anilines is 2. The topological polar surface area (TPSA) is 145 Å². The van der Waals surface area contributed by atoms with Crippen LogP contribution in [0.3, 0.4) is 0 Å². The summed E-state index contributed by atoms with van der Waals surface area (Å²) in [5.41, 5.74) is 5.11. The van der Waals surface area contributed by atoms with E-state index in [0.29, 0.717) is 28.0 Å². The Bertz CT molecular complexity index is 1320. The highest BCUT2D eigenvalue weighted by atomic mass is 32.2. The van der Waals surface area contributed by atoms with Gasteiger partial charge in [0.05, 0.1) is 16.3 Å². The van der Waals surface area contributed by atoms with Crippen LogP contribution >= 0.6 is 11.3 Å². The number of ether oxygens (including phenoxy) is 1. The molecular formula is C20H19N5O6S2. The van der Waals surface area contributed by atoms with Gasteiger partial charge in [-0.1, -0.05) is 23.5 Å². The molecule has 1 aromatic heterocycles. The van der Waals surface area contributed by atoms with Crippen molar-refractivity contribution in [1.29, 1.82) is 0 Å². The quantitative estimate of drug-likeness (QED) is 0.423. The fraction of sp³-hybridized carbons (Fsp3) is 0.150. The number of aliphatic carboxylic acids is 1. The molecule has 1 aliphatic rings. The molecule has 0 atom stereocenters. The van der Waals surface area contributed by atoms with E-state index >= 15 is 0 Å². The molecule has 0 saturated heterocycles. The minimum Gasteiger partial charge on any atom is -0.482 e. The average Bonchev–Trinajstić information content (AvgIpc) is 3.36. The predicted molar refractivity (Wildman–Crippen MR) is 122 cm³/mol. The number of carboxylic acids is 1. The van der Waals surface area contributed by atoms with Crippen LogP contribution in [0.15, 0.2) is 58.5 Å². The van der Waals surface area contributed by atoms with Crippen molar-refractivity contribution in [2.75, 3.05) is 16.7 Å². The number of aromatic nitrogens is 1. The summed E-state index contributed by atoms with van der Waals surface area (Å²) in [6, 6.07) is 12.3. The summed E-state index contributed by atoms with van der Waals surface area (Å²) in [5, 5.41) is 17.2. The number of benzene rings is 2. The Hall–Kier alpha value is -3.52. The molecule has 0 amide bonds. The molecule has 1 aliphatic heterocycles. The Balaban J connectivity index is 1.73. The van der Waals surface area contributed by atoms with Crippen molar-refractivity contribution in [3.05, 3.63) is 64.7 Å². The van der Waals surface area contributed by atoms with Crippen LogP contribution in [0.2, 0.25) is 0 Å². The summed E-state index contributed by atoms with van der Waals surface area (Å²) in [6.07, 6.45) is 0. The molecule has 13 heteroatoms. The van der Waals surface area contributed by atoms with Crippen molar-refractivity contribution in [3.63, 3.8) is 0 Å². The van der Waals surface area contributed by atoms with Crippen LogP contribution < -0.4 is 20.4 Å². The number of rotatable bonds is 7. The summed E-state index contributed by atoms with van der Waals surface area (Å²) >= 11 is 1.44. The fourth-order valence-corrected chi connectivity index (χ4v) is 4.24. The zero-order valence-electron chi connectivity index (χ0n) is 17.5. The van der Waals surface area contributed by atoms with Crippen LogP contribution in [-0.4, -0.2) is 41.5 Å². The molecular weight excluding hydrogens is 470 g/mol. The van der Waals surface area contributed by atoms with E-state index in [2.05, 4.69) is 15.6 Å². The molecule has 2 aromatic carbocycles. The number of thiazole rings is 1. The first kappa shape index (κ1) is 22.7. The highest BCUT2D eigenvalue weighted by Gasteiger charge is 2.29. The van der Waals surface area contributed by atoms with E-state index in [-0.39, 0.29) is 4.90 Å². The number of nitrogens with one attached hydrogen (secondary N) is 1. The van der Waals surface area contributed by atoms with Gasteiger partial charge in [0.25, 0.3) is 10.1 Å². The van der Waals surface area contributed by atoms with Crippen molar-refractivity contribution in [2.45, 2.75) is 18.7 Å². The highest BCUT2D eigenvalue weighted by Crippen LogP contribution is 2.30. The normalized spacial score (nSPS) is 13.8. The van der Waals surface area contributed by atoms with Crippen molar-refractivity contribution in [2.24, 2.45) is 5.10 Å². The van der Waals surface area contributed by atoms with Crippen LogP contribution in [0.5, 0.6) is 5.75 Å². The van der Waals surface area contributed by atoms with Gasteiger partial charge in [0.15, 0.2) is 12.4 Å². The first-order valence-corrected chi connectivity index (χ1v) is 11.8. The second-order valence-corrected chi connectivity index (χ2v) is 9.59. The lowest BCUT2D eigenvalue weighted by atomic mass is 10.2. The Morgan fingerprint density at radius 3 is 2.52 bits per heavy atom. The molecule has 2 heterocycles. The minimum atomic E-state index is -4.34. The Morgan fingerprint density at radius 1 is 1.18 bits per heavy atom. The molecule has 33 heavy (non-hydrogen) atoms. The van der Waals surface area contributed by atoms with Crippen LogP contribution in [-0.2, 0) is 14.9 Å². The molecule has 3 aromatic rings. The van der Waals surface area contributed by atoms with Gasteiger partial charge in [-0.3, -0.25) is 4.55 Å². The first-order valence-electron chi connectivity index (χ1n) is 9.53. The number of carbonyl (C=O) groups is 1. The van der Waals surface area contributed by atoms with Crippen molar-refractivity contribution in [3.8, 4) is 5.75 Å². The summed E-state index contributed by atoms with van der Waals surface area (Å²) in [5.74, 6) is -0.318. The van der Waals surface area contributed by atoms with Gasteiger partial charge < -0.3 is 9.84 Å². The lowest BCUT2D eigenvalue weighted by Crippen LogP contribution is -2.43. The summed E-state index contributed by atoms with van der Waals surface area (Å²) < 4.78 is 37.3. The third kappa shape index (κ3) is 4.96. The van der Waals surface area contributed by atoms with Gasteiger partial charge in [0.1, 0.15) is 5.75 Å². The maximum absolute atomic E-state index is 11.4. The van der Waals surface area contributed by atoms with E-state index < -0.39 is 22.7 Å². The van der Waals surface area contributed by atoms with Gasteiger partial charge >= 0.3 is 5.97 Å². The molecule has 0 radical (unpaired) electrons. The Kier molecular flexibility index (Phi) is 6.03. The summed E-state index contributed by atoms with van der Waals surface area (Å²) in [7, 11) is -4.34. The fourth-order valence-electron chi connectivity index (χ4n) is 2.94. The zero-order chi connectivity index (χ0) is 23.8. The SMILES string of the molecule is Cc1nc(N2N=C(c3cccc(OCC(=O)O)c3)N(c3ccc(S(=O)(=O)O)cc3)N2)sc1C. The Labute approximate surface area is 193 Å². The van der Waals surface area contributed by atoms with Gasteiger partial charge in [-0.25, -0.2) is 14.8 Å². The molecule has 0 aliphatic carbocycles. The molecule has 0 bridgehead atoms. The average molecular weight is 490 g/mol. The van der Waals surface area contributed by atoms with E-state index in [4.69, 9.17) is 9.84 Å². The second-order valence-electron chi connectivity index (χ2n) is 6.99. The molecule has 4 rings (SSSR count). The van der Waals surface area contributed by atoms with Crippen molar-refractivity contribution >= 4 is 44.1 Å². The van der Waals surface area contributed by atoms with Crippen LogP contribution in [0, 0.1) is 13.8 Å². The third-order valence-electron chi connectivity index (χ3n) is 4.65. The van der Waals surface area contributed by atoms with Crippen LogP contribution in [0.25, 0.3) is 0 Å². The monoisotopic (exact) mass is 489 g/mol. The van der Waals surface area contributed by atoms with Crippen LogP contribution in [0.4, 0.5) is 10.8 Å². The summed E-state index contributed by atoms with van der Waals surface area (Å²) in [4.78, 5) is 16.1. The van der Waals surface area contributed by atoms with E-state index in [9.17, 15) is 17.8 Å². The van der Waals surface area contributed by atoms with Gasteiger partial charge in [-0.15, -0.1) is 15.8 Å². The van der Waals surface area contributed by atoms with Gasteiger partial charge in [0.2, 0.25) is 5.13 Å². The molecule has 11 nitrogen and oxygen atoms in total. The molecule has 172 valence electrons. The highest BCUT2D eigenvalue weighted by molar-refractivity contribution is 7.85. The predicted octanol–water partition coefficient (Wildman–Crippen LogP) is 2.58. The Morgan fingerprint density at radius 2 is 1.91 bits per heavy atom. The molecule has 0 saturated carbocycles. The van der Waals surface area contributed by atoms with E-state index in [0.717, 1.165) is 10.6 Å². The number of hydrogen-bond acceptors (Lipinski definition) is 10. The third-order valence-corrected chi connectivity index (χ3v) is 6.56. The minimum absolute atomic E-state index is 0.240. The molecule has 3 N–H and O–H groups in total. The van der Waals surface area contributed by atoms with E-state index in [1.807, 2.05) is 13.8 Å². The zero-order valence-corrected chi connectivity index (χ0v) is 19.1. The van der Waals surface area contributed by atoms with Gasteiger partial charge in [-0.05, 0) is 50.2 Å². The number of carboxylic acid groups (broad SMARTS) is 1. The number of hydrogen-bond donors (Lipinski definition) is 3. The largest absolute Gasteiger partial charge is 0.482 e. The van der Waals surface area contributed by atoms with Gasteiger partial charge in [0, 0.05) is 10.4 Å². The van der Waals surface area contributed by atoms with E-state index in [1.54, 1.807) is 29.3 Å². The van der Waals surface area contributed by atoms with E-state index in [1.165, 1.54) is 40.7 Å². The maximum atomic E-state index is 11.4. The lowest BCUT2D eigenvalue weighted by molar-refractivity contribution is -0.139. The smallest absolute Gasteiger partial charge is 0.341 e. The van der Waals surface area contributed by atoms with Crippen molar-refractivity contribution < 1.29 is 27.6 Å².